The molecule has 0 saturated carbocycles. The quantitative estimate of drug-likeness (QED) is 0.559. The van der Waals surface area contributed by atoms with Gasteiger partial charge in [-0.05, 0) is 30.5 Å². The van der Waals surface area contributed by atoms with Crippen molar-refractivity contribution in [3.05, 3.63) is 60.5 Å². The van der Waals surface area contributed by atoms with Crippen LogP contribution in [-0.4, -0.2) is 19.5 Å². The minimum Gasteiger partial charge on any atom is -0.314 e. The molecule has 124 valence electrons. The van der Waals surface area contributed by atoms with E-state index in [1.54, 1.807) is 12.3 Å². The summed E-state index contributed by atoms with van der Waals surface area (Å²) in [6, 6.07) is 3.25. The molecule has 6 nitrogen and oxygen atoms in total. The Morgan fingerprint density at radius 2 is 1.96 bits per heavy atom. The molecule has 1 N–H and O–H groups in total. The van der Waals surface area contributed by atoms with Gasteiger partial charge in [-0.1, -0.05) is 37.0 Å². The molecule has 0 unspecified atom stereocenters. The molecular weight excluding hydrogens is 351 g/mol. The molecule has 0 aromatic carbocycles. The fraction of sp³-hybridized carbons (Fsp3) is 0.250. The lowest BCUT2D eigenvalue weighted by molar-refractivity contribution is 0.793. The summed E-state index contributed by atoms with van der Waals surface area (Å²) < 4.78 is 1.26. The van der Waals surface area contributed by atoms with Gasteiger partial charge in [0, 0.05) is 6.20 Å². The Hall–Kier alpha value is -2.18. The second kappa shape index (κ2) is 6.03. The van der Waals surface area contributed by atoms with Crippen LogP contribution in [-0.2, 0) is 0 Å². The molecule has 0 bridgehead atoms. The highest BCUT2D eigenvalue weighted by Crippen LogP contribution is 2.27. The number of halogens is 2. The second-order valence-electron chi connectivity index (χ2n) is 5.74. The van der Waals surface area contributed by atoms with Crippen LogP contribution in [0.15, 0.2) is 27.9 Å². The first-order chi connectivity index (χ1) is 11.3. The molecule has 3 aromatic rings. The normalized spacial score (nSPS) is 11.4. The van der Waals surface area contributed by atoms with Gasteiger partial charge in [-0.25, -0.2) is 4.98 Å². The van der Waals surface area contributed by atoms with Crippen LogP contribution in [0.1, 0.15) is 31.0 Å². The van der Waals surface area contributed by atoms with Crippen LogP contribution in [0.4, 0.5) is 0 Å². The number of aromatic nitrogens is 4. The van der Waals surface area contributed by atoms with Crippen LogP contribution >= 0.6 is 23.2 Å². The topological polar surface area (TPSA) is 80.6 Å². The molecule has 0 atom stereocenters. The highest BCUT2D eigenvalue weighted by atomic mass is 35.5. The summed E-state index contributed by atoms with van der Waals surface area (Å²) >= 11 is 12.0. The third-order valence-corrected chi connectivity index (χ3v) is 4.37. The highest BCUT2D eigenvalue weighted by molar-refractivity contribution is 6.41. The Morgan fingerprint density at radius 3 is 2.62 bits per heavy atom. The fourth-order valence-electron chi connectivity index (χ4n) is 2.59. The molecule has 3 heterocycles. The number of hydrogen-bond acceptors (Lipinski definition) is 4. The maximum atomic E-state index is 12.6. The second-order valence-corrected chi connectivity index (χ2v) is 6.51. The van der Waals surface area contributed by atoms with Crippen molar-refractivity contribution in [2.75, 3.05) is 0 Å². The Labute approximate surface area is 147 Å². The first kappa shape index (κ1) is 16.7. The van der Waals surface area contributed by atoms with E-state index in [0.717, 1.165) is 5.56 Å². The molecule has 0 radical (unpaired) electrons. The van der Waals surface area contributed by atoms with Crippen LogP contribution in [0, 0.1) is 6.92 Å². The fourth-order valence-corrected chi connectivity index (χ4v) is 2.87. The summed E-state index contributed by atoms with van der Waals surface area (Å²) in [4.78, 5) is 35.7. The molecule has 0 amide bonds. The Kier molecular flexibility index (Phi) is 4.19. The van der Waals surface area contributed by atoms with Crippen molar-refractivity contribution in [1.29, 1.82) is 0 Å². The third-order valence-electron chi connectivity index (χ3n) is 3.70. The number of rotatable bonds is 2. The number of aromatic amines is 1. The van der Waals surface area contributed by atoms with Gasteiger partial charge in [-0.2, -0.15) is 0 Å². The highest BCUT2D eigenvalue weighted by Gasteiger charge is 2.19. The zero-order chi connectivity index (χ0) is 17.6. The van der Waals surface area contributed by atoms with Crippen molar-refractivity contribution in [2.45, 2.75) is 26.7 Å². The van der Waals surface area contributed by atoms with Crippen LogP contribution in [0.5, 0.6) is 0 Å². The van der Waals surface area contributed by atoms with Gasteiger partial charge < -0.3 is 4.98 Å². The van der Waals surface area contributed by atoms with Crippen molar-refractivity contribution in [2.24, 2.45) is 0 Å². The first-order valence-electron chi connectivity index (χ1n) is 7.28. The van der Waals surface area contributed by atoms with E-state index in [0.29, 0.717) is 16.9 Å². The summed E-state index contributed by atoms with van der Waals surface area (Å²) in [5, 5.41) is 0.244. The van der Waals surface area contributed by atoms with Gasteiger partial charge in [0.2, 0.25) is 0 Å². The number of aryl methyl sites for hydroxylation is 1. The SMILES string of the molecule is Cc1ccnc(C(C)C)c1-n1c(=O)c(=O)[nH]c2cc(Cl)c(Cl)nc21. The summed E-state index contributed by atoms with van der Waals surface area (Å²) in [6.45, 7) is 5.77. The lowest BCUT2D eigenvalue weighted by Crippen LogP contribution is -2.36. The molecule has 24 heavy (non-hydrogen) atoms. The van der Waals surface area contributed by atoms with Crippen molar-refractivity contribution in [3.8, 4) is 5.69 Å². The number of hydrogen-bond donors (Lipinski definition) is 1. The lowest BCUT2D eigenvalue weighted by Gasteiger charge is -2.17. The van der Waals surface area contributed by atoms with E-state index >= 15 is 0 Å². The van der Waals surface area contributed by atoms with Crippen molar-refractivity contribution in [1.82, 2.24) is 19.5 Å². The van der Waals surface area contributed by atoms with Crippen molar-refractivity contribution < 1.29 is 0 Å². The summed E-state index contributed by atoms with van der Waals surface area (Å²) in [5.74, 6) is 0.0453. The van der Waals surface area contributed by atoms with E-state index in [1.807, 2.05) is 20.8 Å². The smallest absolute Gasteiger partial charge is 0.314 e. The summed E-state index contributed by atoms with van der Waals surface area (Å²) in [6.07, 6.45) is 1.67. The van der Waals surface area contributed by atoms with E-state index in [2.05, 4.69) is 15.0 Å². The third kappa shape index (κ3) is 2.61. The molecule has 0 aliphatic carbocycles. The summed E-state index contributed by atoms with van der Waals surface area (Å²) in [5.41, 5.74) is 1.08. The predicted octanol–water partition coefficient (Wildman–Crippen LogP) is 3.21. The average Bonchev–Trinajstić information content (AvgIpc) is 2.51. The zero-order valence-electron chi connectivity index (χ0n) is 13.2. The van der Waals surface area contributed by atoms with Gasteiger partial charge >= 0.3 is 11.1 Å². The number of H-pyrrole nitrogens is 1. The monoisotopic (exact) mass is 364 g/mol. The molecule has 0 fully saturated rings. The van der Waals surface area contributed by atoms with E-state index < -0.39 is 11.1 Å². The van der Waals surface area contributed by atoms with Crippen molar-refractivity contribution in [3.63, 3.8) is 0 Å². The van der Waals surface area contributed by atoms with Gasteiger partial charge in [-0.3, -0.25) is 19.1 Å². The minimum absolute atomic E-state index is 0.0453. The Morgan fingerprint density at radius 1 is 1.25 bits per heavy atom. The first-order valence-corrected chi connectivity index (χ1v) is 8.03. The molecule has 0 aliphatic rings. The zero-order valence-corrected chi connectivity index (χ0v) is 14.7. The Bertz CT molecular complexity index is 1070. The number of nitrogens with zero attached hydrogens (tertiary/aromatic N) is 3. The number of pyridine rings is 2. The van der Waals surface area contributed by atoms with Gasteiger partial charge in [0.25, 0.3) is 0 Å². The predicted molar refractivity (Wildman–Crippen MR) is 94.6 cm³/mol. The molecular formula is C16H14Cl2N4O2. The molecule has 0 aliphatic heterocycles. The van der Waals surface area contributed by atoms with E-state index in [4.69, 9.17) is 23.2 Å². The van der Waals surface area contributed by atoms with Crippen molar-refractivity contribution >= 4 is 34.4 Å². The largest absolute Gasteiger partial charge is 0.322 e. The van der Waals surface area contributed by atoms with E-state index in [-0.39, 0.29) is 21.7 Å². The standard InChI is InChI=1S/C16H14Cl2N4O2/c1-7(2)11-12(8(3)4-5-19-11)22-14-10(20-15(23)16(22)24)6-9(17)13(18)21-14/h4-7H,1-3H3,(H,20,23). The van der Waals surface area contributed by atoms with E-state index in [9.17, 15) is 9.59 Å². The van der Waals surface area contributed by atoms with E-state index in [1.165, 1.54) is 10.6 Å². The molecule has 3 aromatic heterocycles. The molecule has 8 heteroatoms. The molecule has 0 spiro atoms. The van der Waals surface area contributed by atoms with Gasteiger partial charge in [0.05, 0.1) is 21.9 Å². The van der Waals surface area contributed by atoms with Crippen LogP contribution in [0.3, 0.4) is 0 Å². The molecule has 0 saturated heterocycles. The van der Waals surface area contributed by atoms with Gasteiger partial charge in [0.15, 0.2) is 5.65 Å². The average molecular weight is 365 g/mol. The minimum atomic E-state index is -0.763. The number of nitrogens with one attached hydrogen (secondary N) is 1. The van der Waals surface area contributed by atoms with Gasteiger partial charge in [-0.15, -0.1) is 0 Å². The maximum absolute atomic E-state index is 12.6. The maximum Gasteiger partial charge on any atom is 0.322 e. The Balaban J connectivity index is 2.57. The number of fused-ring (bicyclic) bond motifs is 1. The van der Waals surface area contributed by atoms with Crippen LogP contribution < -0.4 is 11.1 Å². The summed E-state index contributed by atoms with van der Waals surface area (Å²) in [7, 11) is 0. The van der Waals surface area contributed by atoms with Crippen LogP contribution in [0.2, 0.25) is 10.2 Å². The lowest BCUT2D eigenvalue weighted by atomic mass is 10.0. The van der Waals surface area contributed by atoms with Crippen LogP contribution in [0.25, 0.3) is 16.9 Å². The molecule has 3 rings (SSSR count). The van der Waals surface area contributed by atoms with Gasteiger partial charge in [0.1, 0.15) is 5.15 Å².